The van der Waals surface area contributed by atoms with Crippen LogP contribution in [-0.4, -0.2) is 115 Å². The van der Waals surface area contributed by atoms with Crippen molar-refractivity contribution in [2.45, 2.75) is 61.0 Å². The van der Waals surface area contributed by atoms with Crippen molar-refractivity contribution < 1.29 is 55.1 Å². The van der Waals surface area contributed by atoms with Crippen LogP contribution in [0.1, 0.15) is 0 Å². The van der Waals surface area contributed by atoms with Gasteiger partial charge < -0.3 is 55.1 Å². The van der Waals surface area contributed by atoms with Crippen molar-refractivity contribution in [2.24, 2.45) is 5.73 Å². The third kappa shape index (κ3) is 3.41. The van der Waals surface area contributed by atoms with Crippen molar-refractivity contribution in [1.82, 2.24) is 0 Å². The van der Waals surface area contributed by atoms with E-state index in [0.717, 1.165) is 0 Å². The molecule has 142 valence electrons. The molecule has 0 aromatic carbocycles. The molecule has 0 saturated carbocycles. The molecule has 2 rings (SSSR count). The Morgan fingerprint density at radius 3 is 2.00 bits per heavy atom. The average molecular weight is 357 g/mol. The van der Waals surface area contributed by atoms with Crippen molar-refractivity contribution in [2.75, 3.05) is 13.2 Å². The number of hydrogen-bond donors (Lipinski definition) is 9. The fraction of sp³-hybridized carbons (Fsp3) is 1.00. The predicted molar refractivity (Wildman–Crippen MR) is 71.7 cm³/mol. The zero-order valence-corrected chi connectivity index (χ0v) is 12.5. The van der Waals surface area contributed by atoms with E-state index in [4.69, 9.17) is 25.1 Å². The lowest BCUT2D eigenvalue weighted by molar-refractivity contribution is -0.373. The molecule has 2 aliphatic rings. The highest BCUT2D eigenvalue weighted by atomic mass is 16.7. The standard InChI is InChI=1S/C12H23NO11/c13-12(21)9(19)8(4(2-15)23-11(12)20)24-10-7(18)6(17)5(16)3(1-14)22-10/h3-11,14-21H,1-2,13H2/t3-,4-,5+,6+,7-,8-,9+,10+,11?,12-/m1/s1. The minimum Gasteiger partial charge on any atom is -0.394 e. The van der Waals surface area contributed by atoms with Crippen molar-refractivity contribution in [3.05, 3.63) is 0 Å². The Morgan fingerprint density at radius 2 is 1.46 bits per heavy atom. The maximum absolute atomic E-state index is 10.1. The summed E-state index contributed by atoms with van der Waals surface area (Å²) in [4.78, 5) is 0. The second-order valence-electron chi connectivity index (χ2n) is 5.84. The molecule has 0 aromatic heterocycles. The van der Waals surface area contributed by atoms with Crippen LogP contribution in [0.5, 0.6) is 0 Å². The summed E-state index contributed by atoms with van der Waals surface area (Å²) in [6.07, 6.45) is -14.9. The molecule has 1 unspecified atom stereocenters. The van der Waals surface area contributed by atoms with Gasteiger partial charge in [0, 0.05) is 0 Å². The molecule has 0 bridgehead atoms. The molecule has 0 amide bonds. The molecule has 0 aliphatic carbocycles. The number of aliphatic hydroxyl groups excluding tert-OH is 7. The van der Waals surface area contributed by atoms with E-state index < -0.39 is 74.2 Å². The van der Waals surface area contributed by atoms with Gasteiger partial charge in [0.1, 0.15) is 42.7 Å². The second kappa shape index (κ2) is 7.41. The summed E-state index contributed by atoms with van der Waals surface area (Å²) in [7, 11) is 0. The summed E-state index contributed by atoms with van der Waals surface area (Å²) in [6, 6.07) is 0. The zero-order valence-electron chi connectivity index (χ0n) is 12.5. The minimum atomic E-state index is -2.63. The van der Waals surface area contributed by atoms with E-state index in [9.17, 15) is 35.7 Å². The molecule has 0 aromatic rings. The van der Waals surface area contributed by atoms with Gasteiger partial charge in [0.05, 0.1) is 13.2 Å². The first-order chi connectivity index (χ1) is 11.1. The summed E-state index contributed by atoms with van der Waals surface area (Å²) in [5, 5.41) is 77.1. The molecule has 2 saturated heterocycles. The first-order valence-electron chi connectivity index (χ1n) is 7.24. The van der Waals surface area contributed by atoms with Crippen molar-refractivity contribution in [3.63, 3.8) is 0 Å². The summed E-state index contributed by atoms with van der Waals surface area (Å²) in [5.41, 5.74) is 2.72. The first-order valence-corrected chi connectivity index (χ1v) is 7.24. The van der Waals surface area contributed by atoms with Crippen molar-refractivity contribution in [3.8, 4) is 0 Å². The van der Waals surface area contributed by atoms with Gasteiger partial charge in [-0.2, -0.15) is 0 Å². The molecule has 10 atom stereocenters. The number of hydrogen-bond acceptors (Lipinski definition) is 12. The number of aliphatic hydroxyl groups is 8. The highest BCUT2D eigenvalue weighted by Gasteiger charge is 2.55. The van der Waals surface area contributed by atoms with Crippen LogP contribution in [-0.2, 0) is 14.2 Å². The van der Waals surface area contributed by atoms with Crippen LogP contribution in [0.25, 0.3) is 0 Å². The van der Waals surface area contributed by atoms with Gasteiger partial charge in [-0.05, 0) is 0 Å². The van der Waals surface area contributed by atoms with Crippen LogP contribution >= 0.6 is 0 Å². The van der Waals surface area contributed by atoms with E-state index in [1.807, 2.05) is 0 Å². The van der Waals surface area contributed by atoms with Crippen LogP contribution in [0.4, 0.5) is 0 Å². The van der Waals surface area contributed by atoms with Gasteiger partial charge in [-0.1, -0.05) is 0 Å². The fourth-order valence-corrected chi connectivity index (χ4v) is 2.61. The molecule has 12 nitrogen and oxygen atoms in total. The number of rotatable bonds is 4. The highest BCUT2D eigenvalue weighted by molar-refractivity contribution is 4.98. The topological polar surface area (TPSA) is 216 Å². The minimum absolute atomic E-state index is 0.697. The molecule has 2 fully saturated rings. The summed E-state index contributed by atoms with van der Waals surface area (Å²) in [5.74, 6) is 0. The van der Waals surface area contributed by atoms with E-state index in [-0.39, 0.29) is 0 Å². The predicted octanol–water partition coefficient (Wildman–Crippen LogP) is -6.11. The van der Waals surface area contributed by atoms with E-state index >= 15 is 0 Å². The van der Waals surface area contributed by atoms with Crippen LogP contribution in [0.15, 0.2) is 0 Å². The molecule has 12 heteroatoms. The zero-order chi connectivity index (χ0) is 18.2. The lowest BCUT2D eigenvalue weighted by atomic mass is 9.93. The lowest BCUT2D eigenvalue weighted by Gasteiger charge is -2.48. The third-order valence-electron chi connectivity index (χ3n) is 4.17. The van der Waals surface area contributed by atoms with Gasteiger partial charge >= 0.3 is 0 Å². The van der Waals surface area contributed by atoms with E-state index in [0.29, 0.717) is 0 Å². The van der Waals surface area contributed by atoms with Crippen LogP contribution in [0.2, 0.25) is 0 Å². The van der Waals surface area contributed by atoms with Gasteiger partial charge in [-0.25, -0.2) is 0 Å². The maximum atomic E-state index is 10.1. The summed E-state index contributed by atoms with van der Waals surface area (Å²) < 4.78 is 15.2. The molecular weight excluding hydrogens is 334 g/mol. The first kappa shape index (κ1) is 19.8. The average Bonchev–Trinajstić information content (AvgIpc) is 2.55. The SMILES string of the molecule is N[C@]1(O)C(O)O[C@H](CO)[C@@H](O[C@@H]2O[C@H](CO)[C@H](O)[C@H](O)[C@H]2O)[C@@H]1O. The fourth-order valence-electron chi connectivity index (χ4n) is 2.61. The number of nitrogens with two attached hydrogens (primary N) is 1. The van der Waals surface area contributed by atoms with Crippen molar-refractivity contribution in [1.29, 1.82) is 0 Å². The molecule has 24 heavy (non-hydrogen) atoms. The second-order valence-corrected chi connectivity index (χ2v) is 5.84. The molecule has 0 spiro atoms. The Labute approximate surface area is 136 Å². The van der Waals surface area contributed by atoms with E-state index in [1.165, 1.54) is 0 Å². The Bertz CT molecular complexity index is 422. The van der Waals surface area contributed by atoms with Crippen LogP contribution < -0.4 is 5.73 Å². The summed E-state index contributed by atoms with van der Waals surface area (Å²) in [6.45, 7) is -1.44. The molecule has 2 heterocycles. The molecule has 10 N–H and O–H groups in total. The maximum Gasteiger partial charge on any atom is 0.200 e. The van der Waals surface area contributed by atoms with Crippen LogP contribution in [0, 0.1) is 0 Å². The van der Waals surface area contributed by atoms with E-state index in [2.05, 4.69) is 0 Å². The molecular formula is C12H23NO11. The highest BCUT2D eigenvalue weighted by Crippen LogP contribution is 2.30. The van der Waals surface area contributed by atoms with Gasteiger partial charge in [0.2, 0.25) is 6.29 Å². The van der Waals surface area contributed by atoms with Gasteiger partial charge in [-0.3, -0.25) is 5.73 Å². The van der Waals surface area contributed by atoms with Gasteiger partial charge in [0.25, 0.3) is 0 Å². The quantitative estimate of drug-likeness (QED) is 0.215. The number of ether oxygens (including phenoxy) is 3. The Morgan fingerprint density at radius 1 is 0.875 bits per heavy atom. The smallest absolute Gasteiger partial charge is 0.200 e. The summed E-state index contributed by atoms with van der Waals surface area (Å²) >= 11 is 0. The molecule has 2 aliphatic heterocycles. The van der Waals surface area contributed by atoms with Gasteiger partial charge in [0.15, 0.2) is 12.0 Å². The Balaban J connectivity index is 2.17. The normalized spacial score (nSPS) is 53.1. The third-order valence-corrected chi connectivity index (χ3v) is 4.17. The van der Waals surface area contributed by atoms with Gasteiger partial charge in [-0.15, -0.1) is 0 Å². The Kier molecular flexibility index (Phi) is 6.12. The van der Waals surface area contributed by atoms with E-state index in [1.54, 1.807) is 0 Å². The lowest BCUT2D eigenvalue weighted by Crippen LogP contribution is -2.72. The van der Waals surface area contributed by atoms with Crippen LogP contribution in [0.3, 0.4) is 0 Å². The molecule has 0 radical (unpaired) electrons. The Hall–Kier alpha value is -0.480. The van der Waals surface area contributed by atoms with Crippen molar-refractivity contribution >= 4 is 0 Å². The monoisotopic (exact) mass is 357 g/mol. The largest absolute Gasteiger partial charge is 0.394 e.